The summed E-state index contributed by atoms with van der Waals surface area (Å²) in [6.45, 7) is 3.53. The number of aromatic nitrogens is 1. The summed E-state index contributed by atoms with van der Waals surface area (Å²) in [7, 11) is 0. The minimum absolute atomic E-state index is 0.340. The predicted molar refractivity (Wildman–Crippen MR) is 70.1 cm³/mol. The molecular weight excluding hydrogens is 280 g/mol. The van der Waals surface area contributed by atoms with Gasteiger partial charge < -0.3 is 4.74 Å². The molecule has 2 heterocycles. The van der Waals surface area contributed by atoms with Crippen molar-refractivity contribution < 1.29 is 4.74 Å². The quantitative estimate of drug-likeness (QED) is 0.854. The number of nitrogens with zero attached hydrogens (tertiary/aromatic N) is 2. The van der Waals surface area contributed by atoms with Gasteiger partial charge in [0.2, 0.25) is 0 Å². The van der Waals surface area contributed by atoms with Gasteiger partial charge in [-0.05, 0) is 47.2 Å². The molecule has 3 nitrogen and oxygen atoms in total. The van der Waals surface area contributed by atoms with Crippen LogP contribution in [0.2, 0.25) is 0 Å². The molecule has 92 valence electrons. The topological polar surface area (TPSA) is 25.4 Å². The van der Waals surface area contributed by atoms with E-state index in [1.54, 1.807) is 12.4 Å². The first kappa shape index (κ1) is 11.5. The summed E-state index contributed by atoms with van der Waals surface area (Å²) >= 11 is 3.47. The molecule has 4 heteroatoms. The molecule has 1 aliphatic carbocycles. The number of halogens is 1. The van der Waals surface area contributed by atoms with Crippen LogP contribution in [-0.2, 0) is 0 Å². The van der Waals surface area contributed by atoms with E-state index in [0.717, 1.165) is 29.1 Å². The van der Waals surface area contributed by atoms with Crippen molar-refractivity contribution in [3.63, 3.8) is 0 Å². The van der Waals surface area contributed by atoms with Gasteiger partial charge in [-0.3, -0.25) is 9.88 Å². The molecule has 17 heavy (non-hydrogen) atoms. The molecule has 0 amide bonds. The lowest BCUT2D eigenvalue weighted by Gasteiger charge is -2.17. The van der Waals surface area contributed by atoms with Gasteiger partial charge in [0, 0.05) is 32.0 Å². The Hall–Kier alpha value is -0.610. The third-order valence-electron chi connectivity index (χ3n) is 3.47. The van der Waals surface area contributed by atoms with Crippen LogP contribution in [0.3, 0.4) is 0 Å². The summed E-state index contributed by atoms with van der Waals surface area (Å²) in [5, 5.41) is 0. The van der Waals surface area contributed by atoms with Crippen LogP contribution in [0, 0.1) is 5.92 Å². The number of likely N-dealkylation sites (tertiary alicyclic amines) is 1. The highest BCUT2D eigenvalue weighted by Crippen LogP contribution is 2.31. The zero-order chi connectivity index (χ0) is 11.7. The maximum atomic E-state index is 6.01. The molecule has 2 aliphatic rings. The Labute approximate surface area is 110 Å². The maximum absolute atomic E-state index is 6.01. The van der Waals surface area contributed by atoms with Gasteiger partial charge in [-0.25, -0.2) is 0 Å². The summed E-state index contributed by atoms with van der Waals surface area (Å²) in [6, 6.07) is 1.92. The molecule has 1 unspecified atom stereocenters. The maximum Gasteiger partial charge on any atom is 0.137 e. The average molecular weight is 297 g/mol. The Kier molecular flexibility index (Phi) is 3.34. The van der Waals surface area contributed by atoms with E-state index in [0.29, 0.717) is 6.10 Å². The van der Waals surface area contributed by atoms with E-state index in [1.807, 2.05) is 6.07 Å². The van der Waals surface area contributed by atoms with Gasteiger partial charge in [0.15, 0.2) is 0 Å². The average Bonchev–Trinajstić information content (AvgIpc) is 3.02. The van der Waals surface area contributed by atoms with Gasteiger partial charge in [0.25, 0.3) is 0 Å². The smallest absolute Gasteiger partial charge is 0.137 e. The normalized spacial score (nSPS) is 25.1. The summed E-state index contributed by atoms with van der Waals surface area (Å²) in [4.78, 5) is 6.58. The van der Waals surface area contributed by atoms with Gasteiger partial charge >= 0.3 is 0 Å². The van der Waals surface area contributed by atoms with Gasteiger partial charge in [0.1, 0.15) is 11.9 Å². The van der Waals surface area contributed by atoms with E-state index in [9.17, 15) is 0 Å². The van der Waals surface area contributed by atoms with Crippen molar-refractivity contribution in [1.29, 1.82) is 0 Å². The lowest BCUT2D eigenvalue weighted by atomic mass is 10.3. The van der Waals surface area contributed by atoms with Crippen LogP contribution < -0.4 is 4.74 Å². The molecule has 1 atom stereocenters. The number of rotatable bonds is 4. The summed E-state index contributed by atoms with van der Waals surface area (Å²) in [6.07, 6.45) is 7.90. The number of hydrogen-bond donors (Lipinski definition) is 0. The molecule has 2 fully saturated rings. The molecule has 1 saturated carbocycles. The summed E-state index contributed by atoms with van der Waals surface area (Å²) in [5.74, 6) is 1.89. The highest BCUT2D eigenvalue weighted by Gasteiger charge is 2.30. The van der Waals surface area contributed by atoms with E-state index < -0.39 is 0 Å². The number of hydrogen-bond acceptors (Lipinski definition) is 3. The highest BCUT2D eigenvalue weighted by molar-refractivity contribution is 9.10. The van der Waals surface area contributed by atoms with E-state index in [1.165, 1.54) is 25.9 Å². The molecule has 0 aromatic carbocycles. The SMILES string of the molecule is Brc1cnccc1OC1CCN(CC2CC2)C1. The molecule has 1 saturated heterocycles. The second-order valence-electron chi connectivity index (χ2n) is 5.04. The van der Waals surface area contributed by atoms with E-state index in [4.69, 9.17) is 4.74 Å². The number of ether oxygens (including phenoxy) is 1. The largest absolute Gasteiger partial charge is 0.488 e. The molecule has 3 rings (SSSR count). The molecule has 0 N–H and O–H groups in total. The summed E-state index contributed by atoms with van der Waals surface area (Å²) in [5.41, 5.74) is 0. The summed E-state index contributed by atoms with van der Waals surface area (Å²) < 4.78 is 6.95. The standard InChI is InChI=1S/C13H17BrN2O/c14-12-7-15-5-3-13(12)17-11-4-6-16(9-11)8-10-1-2-10/h3,5,7,10-11H,1-2,4,6,8-9H2. The molecule has 1 aromatic rings. The highest BCUT2D eigenvalue weighted by atomic mass is 79.9. The first-order valence-electron chi connectivity index (χ1n) is 6.30. The fraction of sp³-hybridized carbons (Fsp3) is 0.615. The second kappa shape index (κ2) is 4.94. The first-order chi connectivity index (χ1) is 8.31. The van der Waals surface area contributed by atoms with Crippen LogP contribution in [-0.4, -0.2) is 35.6 Å². The molecule has 1 aromatic heterocycles. The Bertz CT molecular complexity index is 395. The van der Waals surface area contributed by atoms with Gasteiger partial charge in [-0.15, -0.1) is 0 Å². The molecule has 0 bridgehead atoms. The second-order valence-corrected chi connectivity index (χ2v) is 5.89. The monoisotopic (exact) mass is 296 g/mol. The Balaban J connectivity index is 1.54. The van der Waals surface area contributed by atoms with Gasteiger partial charge in [-0.1, -0.05) is 0 Å². The molecule has 1 aliphatic heterocycles. The van der Waals surface area contributed by atoms with Crippen LogP contribution in [0.4, 0.5) is 0 Å². The van der Waals surface area contributed by atoms with Crippen LogP contribution in [0.15, 0.2) is 22.9 Å². The lowest BCUT2D eigenvalue weighted by molar-refractivity contribution is 0.197. The van der Waals surface area contributed by atoms with Crippen LogP contribution in [0.1, 0.15) is 19.3 Å². The van der Waals surface area contributed by atoms with Crippen molar-refractivity contribution >= 4 is 15.9 Å². The molecular formula is C13H17BrN2O. The third-order valence-corrected chi connectivity index (χ3v) is 4.07. The zero-order valence-electron chi connectivity index (χ0n) is 9.81. The van der Waals surface area contributed by atoms with Crippen LogP contribution in [0.5, 0.6) is 5.75 Å². The minimum atomic E-state index is 0.340. The van der Waals surface area contributed by atoms with E-state index in [2.05, 4.69) is 25.8 Å². The fourth-order valence-electron chi connectivity index (χ4n) is 2.36. The third kappa shape index (κ3) is 2.99. The van der Waals surface area contributed by atoms with Crippen molar-refractivity contribution in [3.8, 4) is 5.75 Å². The minimum Gasteiger partial charge on any atom is -0.488 e. The van der Waals surface area contributed by atoms with E-state index in [-0.39, 0.29) is 0 Å². The van der Waals surface area contributed by atoms with Crippen molar-refractivity contribution in [1.82, 2.24) is 9.88 Å². The molecule has 0 spiro atoms. The Morgan fingerprint density at radius 3 is 3.06 bits per heavy atom. The Morgan fingerprint density at radius 2 is 2.29 bits per heavy atom. The lowest BCUT2D eigenvalue weighted by Crippen LogP contribution is -2.26. The Morgan fingerprint density at radius 1 is 1.41 bits per heavy atom. The van der Waals surface area contributed by atoms with Crippen molar-refractivity contribution in [2.75, 3.05) is 19.6 Å². The van der Waals surface area contributed by atoms with E-state index >= 15 is 0 Å². The first-order valence-corrected chi connectivity index (χ1v) is 7.09. The predicted octanol–water partition coefficient (Wildman–Crippen LogP) is 2.71. The van der Waals surface area contributed by atoms with Gasteiger partial charge in [-0.2, -0.15) is 0 Å². The van der Waals surface area contributed by atoms with Crippen molar-refractivity contribution in [2.45, 2.75) is 25.4 Å². The van der Waals surface area contributed by atoms with Crippen LogP contribution >= 0.6 is 15.9 Å². The van der Waals surface area contributed by atoms with Crippen molar-refractivity contribution in [3.05, 3.63) is 22.9 Å². The molecule has 0 radical (unpaired) electrons. The zero-order valence-corrected chi connectivity index (χ0v) is 11.4. The number of pyridine rings is 1. The van der Waals surface area contributed by atoms with Crippen molar-refractivity contribution in [2.24, 2.45) is 5.92 Å². The van der Waals surface area contributed by atoms with Crippen LogP contribution in [0.25, 0.3) is 0 Å². The fourth-order valence-corrected chi connectivity index (χ4v) is 2.71. The van der Waals surface area contributed by atoms with Gasteiger partial charge in [0.05, 0.1) is 4.47 Å².